The van der Waals surface area contributed by atoms with Crippen LogP contribution in [-0.4, -0.2) is 14.5 Å². The molecule has 4 nitrogen and oxygen atoms in total. The maximum Gasteiger partial charge on any atom is 0.151 e. The van der Waals surface area contributed by atoms with Crippen LogP contribution in [0.2, 0.25) is 0 Å². The third-order valence-corrected chi connectivity index (χ3v) is 2.54. The summed E-state index contributed by atoms with van der Waals surface area (Å²) in [4.78, 5) is 8.58. The summed E-state index contributed by atoms with van der Waals surface area (Å²) in [6.45, 7) is 6.40. The lowest BCUT2D eigenvalue weighted by atomic mass is 10.3. The van der Waals surface area contributed by atoms with Gasteiger partial charge >= 0.3 is 0 Å². The molecule has 0 radical (unpaired) electrons. The fourth-order valence-corrected chi connectivity index (χ4v) is 1.92. The monoisotopic (exact) mass is 204 g/mol. The molecule has 0 fully saturated rings. The van der Waals surface area contributed by atoms with E-state index in [0.717, 1.165) is 23.3 Å². The van der Waals surface area contributed by atoms with Gasteiger partial charge in [0, 0.05) is 18.7 Å². The highest BCUT2D eigenvalue weighted by molar-refractivity contribution is 5.85. The van der Waals surface area contributed by atoms with Crippen LogP contribution in [0.1, 0.15) is 32.6 Å². The SMILES string of the molecule is CCc1nc2c(N)nccc2n1C(C)C. The van der Waals surface area contributed by atoms with Crippen molar-refractivity contribution in [3.05, 3.63) is 18.1 Å². The van der Waals surface area contributed by atoms with Crippen LogP contribution in [-0.2, 0) is 6.42 Å². The Morgan fingerprint density at radius 3 is 2.80 bits per heavy atom. The summed E-state index contributed by atoms with van der Waals surface area (Å²) in [5, 5.41) is 0. The van der Waals surface area contributed by atoms with Gasteiger partial charge in [0.15, 0.2) is 5.82 Å². The second-order valence-corrected chi connectivity index (χ2v) is 3.91. The molecule has 0 aliphatic carbocycles. The van der Waals surface area contributed by atoms with Gasteiger partial charge in [0.25, 0.3) is 0 Å². The fourth-order valence-electron chi connectivity index (χ4n) is 1.92. The topological polar surface area (TPSA) is 56.7 Å². The van der Waals surface area contributed by atoms with E-state index in [-0.39, 0.29) is 0 Å². The second kappa shape index (κ2) is 3.53. The zero-order chi connectivity index (χ0) is 11.0. The van der Waals surface area contributed by atoms with Crippen molar-refractivity contribution in [3.8, 4) is 0 Å². The van der Waals surface area contributed by atoms with Crippen molar-refractivity contribution in [3.63, 3.8) is 0 Å². The molecule has 15 heavy (non-hydrogen) atoms. The van der Waals surface area contributed by atoms with Gasteiger partial charge in [-0.05, 0) is 19.9 Å². The molecular formula is C11H16N4. The van der Waals surface area contributed by atoms with E-state index in [1.807, 2.05) is 6.07 Å². The van der Waals surface area contributed by atoms with Gasteiger partial charge in [0.05, 0.1) is 5.52 Å². The van der Waals surface area contributed by atoms with E-state index in [1.165, 1.54) is 0 Å². The number of fused-ring (bicyclic) bond motifs is 1. The third-order valence-electron chi connectivity index (χ3n) is 2.54. The van der Waals surface area contributed by atoms with E-state index >= 15 is 0 Å². The number of nitrogens with two attached hydrogens (primary N) is 1. The minimum atomic E-state index is 0.395. The van der Waals surface area contributed by atoms with E-state index in [0.29, 0.717) is 11.9 Å². The van der Waals surface area contributed by atoms with E-state index in [4.69, 9.17) is 5.73 Å². The lowest BCUT2D eigenvalue weighted by molar-refractivity contribution is 0.588. The second-order valence-electron chi connectivity index (χ2n) is 3.91. The van der Waals surface area contributed by atoms with Crippen LogP contribution < -0.4 is 5.73 Å². The zero-order valence-corrected chi connectivity index (χ0v) is 9.36. The van der Waals surface area contributed by atoms with Crippen molar-refractivity contribution in [2.45, 2.75) is 33.2 Å². The molecule has 0 aromatic carbocycles. The molecular weight excluding hydrogens is 188 g/mol. The molecule has 0 aliphatic heterocycles. The molecule has 80 valence electrons. The van der Waals surface area contributed by atoms with Crippen LogP contribution in [0.4, 0.5) is 5.82 Å². The van der Waals surface area contributed by atoms with Crippen molar-refractivity contribution < 1.29 is 0 Å². The first-order valence-electron chi connectivity index (χ1n) is 5.26. The molecule has 0 atom stereocenters. The maximum atomic E-state index is 5.81. The highest BCUT2D eigenvalue weighted by atomic mass is 15.1. The number of nitrogen functional groups attached to an aromatic ring is 1. The molecule has 0 unspecified atom stereocenters. The summed E-state index contributed by atoms with van der Waals surface area (Å²) in [6.07, 6.45) is 2.64. The first-order valence-corrected chi connectivity index (χ1v) is 5.26. The first-order chi connectivity index (χ1) is 7.15. The number of pyridine rings is 1. The Morgan fingerprint density at radius 1 is 1.47 bits per heavy atom. The average Bonchev–Trinajstić information content (AvgIpc) is 2.57. The quantitative estimate of drug-likeness (QED) is 0.815. The average molecular weight is 204 g/mol. The van der Waals surface area contributed by atoms with Crippen LogP contribution in [0.5, 0.6) is 0 Å². The number of hydrogen-bond acceptors (Lipinski definition) is 3. The zero-order valence-electron chi connectivity index (χ0n) is 9.36. The van der Waals surface area contributed by atoms with Crippen LogP contribution in [0, 0.1) is 0 Å². The summed E-state index contributed by atoms with van der Waals surface area (Å²) in [7, 11) is 0. The first kappa shape index (κ1) is 9.96. The van der Waals surface area contributed by atoms with Gasteiger partial charge in [-0.2, -0.15) is 0 Å². The third kappa shape index (κ3) is 1.46. The van der Waals surface area contributed by atoms with Crippen molar-refractivity contribution in [1.29, 1.82) is 0 Å². The molecule has 4 heteroatoms. The number of nitrogens with zero attached hydrogens (tertiary/aromatic N) is 3. The van der Waals surface area contributed by atoms with Gasteiger partial charge in [-0.25, -0.2) is 9.97 Å². The van der Waals surface area contributed by atoms with Gasteiger partial charge < -0.3 is 10.3 Å². The molecule has 2 heterocycles. The fraction of sp³-hybridized carbons (Fsp3) is 0.455. The molecule has 0 spiro atoms. The van der Waals surface area contributed by atoms with Gasteiger partial charge in [-0.15, -0.1) is 0 Å². The largest absolute Gasteiger partial charge is 0.382 e. The highest BCUT2D eigenvalue weighted by Gasteiger charge is 2.13. The minimum Gasteiger partial charge on any atom is -0.382 e. The summed E-state index contributed by atoms with van der Waals surface area (Å²) < 4.78 is 2.22. The molecule has 2 N–H and O–H groups in total. The number of aromatic nitrogens is 3. The van der Waals surface area contributed by atoms with Crippen molar-refractivity contribution in [2.75, 3.05) is 5.73 Å². The van der Waals surface area contributed by atoms with E-state index in [1.54, 1.807) is 6.20 Å². The normalized spacial score (nSPS) is 11.5. The Morgan fingerprint density at radius 2 is 2.20 bits per heavy atom. The molecule has 0 amide bonds. The highest BCUT2D eigenvalue weighted by Crippen LogP contribution is 2.23. The summed E-state index contributed by atoms with van der Waals surface area (Å²) in [5.74, 6) is 1.58. The number of anilines is 1. The number of hydrogen-bond donors (Lipinski definition) is 1. The standard InChI is InChI=1S/C11H16N4/c1-4-9-14-10-8(15(9)7(2)3)5-6-13-11(10)12/h5-7H,4H2,1-3H3,(H2,12,13). The summed E-state index contributed by atoms with van der Waals surface area (Å²) >= 11 is 0. The van der Waals surface area contributed by atoms with Crippen LogP contribution in [0.15, 0.2) is 12.3 Å². The molecule has 2 aromatic rings. The molecule has 2 rings (SSSR count). The molecule has 0 aliphatic rings. The smallest absolute Gasteiger partial charge is 0.151 e. The van der Waals surface area contributed by atoms with Crippen LogP contribution >= 0.6 is 0 Å². The lowest BCUT2D eigenvalue weighted by Gasteiger charge is -2.11. The molecule has 0 saturated carbocycles. The van der Waals surface area contributed by atoms with E-state index in [2.05, 4.69) is 35.3 Å². The van der Waals surface area contributed by atoms with Crippen molar-refractivity contribution >= 4 is 16.9 Å². The predicted molar refractivity (Wildman–Crippen MR) is 61.7 cm³/mol. The minimum absolute atomic E-state index is 0.395. The van der Waals surface area contributed by atoms with Gasteiger partial charge in [0.1, 0.15) is 11.3 Å². The van der Waals surface area contributed by atoms with E-state index < -0.39 is 0 Å². The number of imidazole rings is 1. The number of rotatable bonds is 2. The molecule has 0 saturated heterocycles. The van der Waals surface area contributed by atoms with Crippen LogP contribution in [0.25, 0.3) is 11.0 Å². The Labute approximate surface area is 89.1 Å². The Kier molecular flexibility index (Phi) is 2.34. The molecule has 2 aromatic heterocycles. The van der Waals surface area contributed by atoms with Gasteiger partial charge in [-0.1, -0.05) is 6.92 Å². The Hall–Kier alpha value is -1.58. The summed E-state index contributed by atoms with van der Waals surface area (Å²) in [5.41, 5.74) is 7.71. The van der Waals surface area contributed by atoms with Crippen molar-refractivity contribution in [1.82, 2.24) is 14.5 Å². The lowest BCUT2D eigenvalue weighted by Crippen LogP contribution is -2.05. The van der Waals surface area contributed by atoms with E-state index in [9.17, 15) is 0 Å². The Bertz CT molecular complexity index is 485. The van der Waals surface area contributed by atoms with Crippen LogP contribution in [0.3, 0.4) is 0 Å². The molecule has 0 bridgehead atoms. The predicted octanol–water partition coefficient (Wildman–Crippen LogP) is 2.16. The number of aryl methyl sites for hydroxylation is 1. The van der Waals surface area contributed by atoms with Gasteiger partial charge in [0.2, 0.25) is 0 Å². The van der Waals surface area contributed by atoms with Gasteiger partial charge in [-0.3, -0.25) is 0 Å². The maximum absolute atomic E-state index is 5.81. The summed E-state index contributed by atoms with van der Waals surface area (Å²) in [6, 6.07) is 2.37. The Balaban J connectivity index is 2.80. The van der Waals surface area contributed by atoms with Crippen molar-refractivity contribution in [2.24, 2.45) is 0 Å².